The highest BCUT2D eigenvalue weighted by molar-refractivity contribution is 5.86. The molecule has 0 bridgehead atoms. The summed E-state index contributed by atoms with van der Waals surface area (Å²) in [7, 11) is 0. The van der Waals surface area contributed by atoms with E-state index in [1.165, 1.54) is 4.68 Å². The second kappa shape index (κ2) is 3.23. The topological polar surface area (TPSA) is 62.2 Å². The summed E-state index contributed by atoms with van der Waals surface area (Å²) in [5, 5.41) is 6.11. The Balaban J connectivity index is 1.99. The number of rotatable bonds is 0. The van der Waals surface area contributed by atoms with Crippen LogP contribution < -0.4 is 10.9 Å². The Morgan fingerprint density at radius 3 is 3.12 bits per heavy atom. The van der Waals surface area contributed by atoms with Crippen molar-refractivity contribution in [3.63, 3.8) is 0 Å². The fourth-order valence-corrected chi connectivity index (χ4v) is 1.96. The van der Waals surface area contributed by atoms with E-state index in [1.54, 1.807) is 6.07 Å². The zero-order valence-corrected chi connectivity index (χ0v) is 8.90. The molecule has 1 unspecified atom stereocenters. The first-order valence-corrected chi connectivity index (χ1v) is 5.24. The average molecular weight is 216 g/mol. The minimum Gasteiger partial charge on any atom is -0.326 e. The van der Waals surface area contributed by atoms with E-state index >= 15 is 0 Å². The summed E-state index contributed by atoms with van der Waals surface area (Å²) >= 11 is 0. The highest BCUT2D eigenvalue weighted by atomic mass is 16.1. The summed E-state index contributed by atoms with van der Waals surface area (Å²) in [6.45, 7) is 1.85. The zero-order chi connectivity index (χ0) is 11.1. The van der Waals surface area contributed by atoms with Crippen molar-refractivity contribution in [2.75, 3.05) is 0 Å². The van der Waals surface area contributed by atoms with Crippen molar-refractivity contribution in [3.8, 4) is 0 Å². The SMILES string of the molecule is Cc1cc(=O)n(C2=NC3CC=CC=C3N2)[nH]1. The summed E-state index contributed by atoms with van der Waals surface area (Å²) in [5.74, 6) is 0.582. The van der Waals surface area contributed by atoms with Gasteiger partial charge in [0.2, 0.25) is 5.96 Å². The Morgan fingerprint density at radius 2 is 2.44 bits per heavy atom. The van der Waals surface area contributed by atoms with Crippen molar-refractivity contribution >= 4 is 5.96 Å². The molecule has 1 atom stereocenters. The second-order valence-electron chi connectivity index (χ2n) is 3.99. The van der Waals surface area contributed by atoms with Crippen LogP contribution in [0.1, 0.15) is 12.1 Å². The maximum absolute atomic E-state index is 11.6. The van der Waals surface area contributed by atoms with Gasteiger partial charge < -0.3 is 5.32 Å². The van der Waals surface area contributed by atoms with Gasteiger partial charge in [0.1, 0.15) is 0 Å². The van der Waals surface area contributed by atoms with E-state index in [9.17, 15) is 4.79 Å². The third-order valence-electron chi connectivity index (χ3n) is 2.72. The van der Waals surface area contributed by atoms with E-state index in [2.05, 4.69) is 21.5 Å². The molecule has 0 spiro atoms. The molecule has 0 fully saturated rings. The number of allylic oxidation sites excluding steroid dienone is 2. The first-order chi connectivity index (χ1) is 7.74. The Bertz CT molecular complexity index is 573. The first-order valence-electron chi connectivity index (χ1n) is 5.24. The fourth-order valence-electron chi connectivity index (χ4n) is 1.96. The van der Waals surface area contributed by atoms with Crippen LogP contribution in [0.25, 0.3) is 0 Å². The molecule has 1 aromatic heterocycles. The van der Waals surface area contributed by atoms with Crippen molar-refractivity contribution in [2.45, 2.75) is 19.4 Å². The number of hydrogen-bond donors (Lipinski definition) is 2. The van der Waals surface area contributed by atoms with Crippen LogP contribution in [0.2, 0.25) is 0 Å². The molecule has 2 N–H and O–H groups in total. The molecule has 0 saturated heterocycles. The lowest BCUT2D eigenvalue weighted by atomic mass is 10.1. The Kier molecular flexibility index (Phi) is 1.86. The lowest BCUT2D eigenvalue weighted by Crippen LogP contribution is -2.33. The van der Waals surface area contributed by atoms with E-state index in [1.807, 2.05) is 19.1 Å². The summed E-state index contributed by atoms with van der Waals surface area (Å²) in [6, 6.07) is 1.69. The molecule has 0 amide bonds. The molecular weight excluding hydrogens is 204 g/mol. The normalized spacial score (nSPS) is 22.4. The predicted molar refractivity (Wildman–Crippen MR) is 61.4 cm³/mol. The van der Waals surface area contributed by atoms with Gasteiger partial charge in [-0.2, -0.15) is 4.68 Å². The van der Waals surface area contributed by atoms with Crippen LogP contribution in [0.4, 0.5) is 0 Å². The quantitative estimate of drug-likeness (QED) is 0.663. The Morgan fingerprint density at radius 1 is 1.56 bits per heavy atom. The van der Waals surface area contributed by atoms with Crippen molar-refractivity contribution in [1.82, 2.24) is 15.1 Å². The van der Waals surface area contributed by atoms with Gasteiger partial charge in [-0.3, -0.25) is 9.89 Å². The minimum atomic E-state index is -0.0871. The zero-order valence-electron chi connectivity index (χ0n) is 8.90. The van der Waals surface area contributed by atoms with Gasteiger partial charge in [0.15, 0.2) is 0 Å². The number of aryl methyl sites for hydroxylation is 1. The van der Waals surface area contributed by atoms with Crippen LogP contribution in [0, 0.1) is 6.92 Å². The van der Waals surface area contributed by atoms with Crippen molar-refractivity contribution in [1.29, 1.82) is 0 Å². The van der Waals surface area contributed by atoms with Gasteiger partial charge in [-0.1, -0.05) is 12.2 Å². The number of fused-ring (bicyclic) bond motifs is 1. The number of aromatic nitrogens is 2. The van der Waals surface area contributed by atoms with Crippen molar-refractivity contribution in [2.24, 2.45) is 4.99 Å². The van der Waals surface area contributed by atoms with Crippen LogP contribution >= 0.6 is 0 Å². The molecule has 1 aromatic rings. The van der Waals surface area contributed by atoms with E-state index in [0.29, 0.717) is 5.96 Å². The standard InChI is InChI=1S/C11H12N4O/c1-7-6-10(16)15(14-7)11-12-8-4-2-3-5-9(8)13-11/h2-4,6,9,14H,5H2,1H3,(H,12,13). The van der Waals surface area contributed by atoms with Crippen LogP contribution in [0.15, 0.2) is 39.8 Å². The lowest BCUT2D eigenvalue weighted by molar-refractivity contribution is 0.784. The molecule has 0 radical (unpaired) electrons. The highest BCUT2D eigenvalue weighted by Crippen LogP contribution is 2.18. The lowest BCUT2D eigenvalue weighted by Gasteiger charge is -2.09. The van der Waals surface area contributed by atoms with Gasteiger partial charge in [-0.15, -0.1) is 0 Å². The van der Waals surface area contributed by atoms with Crippen LogP contribution in [0.5, 0.6) is 0 Å². The van der Waals surface area contributed by atoms with Gasteiger partial charge >= 0.3 is 0 Å². The van der Waals surface area contributed by atoms with Crippen molar-refractivity contribution in [3.05, 3.63) is 46.0 Å². The van der Waals surface area contributed by atoms with E-state index in [0.717, 1.165) is 17.8 Å². The monoisotopic (exact) mass is 216 g/mol. The summed E-state index contributed by atoms with van der Waals surface area (Å²) < 4.78 is 1.44. The van der Waals surface area contributed by atoms with Crippen LogP contribution in [-0.2, 0) is 0 Å². The summed E-state index contributed by atoms with van der Waals surface area (Å²) in [6.07, 6.45) is 6.95. The van der Waals surface area contributed by atoms with Gasteiger partial charge in [0.25, 0.3) is 5.56 Å². The molecule has 1 aliphatic carbocycles. The number of nitrogens with one attached hydrogen (secondary N) is 2. The Hall–Kier alpha value is -2.04. The molecule has 3 rings (SSSR count). The van der Waals surface area contributed by atoms with Crippen LogP contribution in [-0.4, -0.2) is 21.8 Å². The first kappa shape index (κ1) is 9.21. The summed E-state index contributed by atoms with van der Waals surface area (Å²) in [5.41, 5.74) is 1.80. The molecule has 2 heterocycles. The molecule has 5 heteroatoms. The maximum atomic E-state index is 11.6. The molecular formula is C11H12N4O. The molecule has 1 aliphatic heterocycles. The van der Waals surface area contributed by atoms with Gasteiger partial charge in [0, 0.05) is 17.5 Å². The maximum Gasteiger partial charge on any atom is 0.274 e. The van der Waals surface area contributed by atoms with Gasteiger partial charge in [0.05, 0.1) is 6.04 Å². The van der Waals surface area contributed by atoms with Crippen LogP contribution in [0.3, 0.4) is 0 Å². The molecule has 5 nitrogen and oxygen atoms in total. The number of aromatic amines is 1. The third kappa shape index (κ3) is 1.32. The van der Waals surface area contributed by atoms with Gasteiger partial charge in [-0.25, -0.2) is 4.99 Å². The number of hydrogen-bond acceptors (Lipinski definition) is 3. The largest absolute Gasteiger partial charge is 0.326 e. The average Bonchev–Trinajstić information content (AvgIpc) is 2.81. The van der Waals surface area contributed by atoms with Gasteiger partial charge in [-0.05, 0) is 19.4 Å². The van der Waals surface area contributed by atoms with E-state index in [4.69, 9.17) is 0 Å². The summed E-state index contributed by atoms with van der Waals surface area (Å²) in [4.78, 5) is 16.1. The highest BCUT2D eigenvalue weighted by Gasteiger charge is 2.24. The molecule has 16 heavy (non-hydrogen) atoms. The van der Waals surface area contributed by atoms with Crippen molar-refractivity contribution < 1.29 is 0 Å². The smallest absolute Gasteiger partial charge is 0.274 e. The fraction of sp³-hybridized carbons (Fsp3) is 0.273. The minimum absolute atomic E-state index is 0.0871. The Labute approximate surface area is 92.2 Å². The number of aliphatic imine (C=N–C) groups is 1. The number of nitrogens with zero attached hydrogens (tertiary/aromatic N) is 2. The van der Waals surface area contributed by atoms with E-state index < -0.39 is 0 Å². The molecule has 2 aliphatic rings. The molecule has 0 saturated carbocycles. The number of H-pyrrole nitrogens is 1. The second-order valence-corrected chi connectivity index (χ2v) is 3.99. The third-order valence-corrected chi connectivity index (χ3v) is 2.72. The predicted octanol–water partition coefficient (Wildman–Crippen LogP) is 0.505. The van der Waals surface area contributed by atoms with E-state index in [-0.39, 0.29) is 11.6 Å². The molecule has 82 valence electrons. The molecule has 0 aromatic carbocycles.